The third kappa shape index (κ3) is 2.66. The SMILES string of the molecule is Cc1ccc(C)c2oc(-c3nc(-c4ccc(C(=O)O)c(F)c4)ns3)cc12. The third-order valence-corrected chi connectivity index (χ3v) is 4.92. The van der Waals surface area contributed by atoms with Crippen LogP contribution in [-0.2, 0) is 0 Å². The Kier molecular flexibility index (Phi) is 3.81. The van der Waals surface area contributed by atoms with Gasteiger partial charge < -0.3 is 9.52 Å². The van der Waals surface area contributed by atoms with E-state index in [0.29, 0.717) is 22.2 Å². The van der Waals surface area contributed by atoms with E-state index in [1.165, 1.54) is 12.1 Å². The van der Waals surface area contributed by atoms with Gasteiger partial charge in [-0.05, 0) is 54.7 Å². The molecule has 0 aliphatic carbocycles. The number of carbonyl (C=O) groups is 1. The van der Waals surface area contributed by atoms with E-state index < -0.39 is 11.8 Å². The van der Waals surface area contributed by atoms with Crippen LogP contribution >= 0.6 is 11.5 Å². The van der Waals surface area contributed by atoms with Gasteiger partial charge in [-0.1, -0.05) is 18.2 Å². The number of furan rings is 1. The van der Waals surface area contributed by atoms with Crippen LogP contribution in [0.5, 0.6) is 0 Å². The highest BCUT2D eigenvalue weighted by molar-refractivity contribution is 7.09. The Bertz CT molecular complexity index is 1120. The summed E-state index contributed by atoms with van der Waals surface area (Å²) < 4.78 is 24.1. The maximum Gasteiger partial charge on any atom is 0.338 e. The first-order chi connectivity index (χ1) is 12.4. The van der Waals surface area contributed by atoms with Crippen LogP contribution in [0.4, 0.5) is 4.39 Å². The Balaban J connectivity index is 1.75. The molecule has 0 amide bonds. The van der Waals surface area contributed by atoms with E-state index in [9.17, 15) is 9.18 Å². The molecule has 2 aromatic heterocycles. The fourth-order valence-corrected chi connectivity index (χ4v) is 3.40. The molecule has 0 saturated carbocycles. The second kappa shape index (κ2) is 6.03. The summed E-state index contributed by atoms with van der Waals surface area (Å²) in [6, 6.07) is 9.80. The average molecular weight is 368 g/mol. The van der Waals surface area contributed by atoms with Crippen molar-refractivity contribution in [2.24, 2.45) is 0 Å². The number of carboxylic acids is 1. The fraction of sp³-hybridized carbons (Fsp3) is 0.105. The summed E-state index contributed by atoms with van der Waals surface area (Å²) in [5, 5.41) is 10.5. The van der Waals surface area contributed by atoms with Gasteiger partial charge in [-0.2, -0.15) is 4.37 Å². The molecule has 0 bridgehead atoms. The Morgan fingerprint density at radius 2 is 1.92 bits per heavy atom. The van der Waals surface area contributed by atoms with Crippen LogP contribution in [0.25, 0.3) is 33.1 Å². The Morgan fingerprint density at radius 3 is 2.62 bits per heavy atom. The van der Waals surface area contributed by atoms with Crippen LogP contribution < -0.4 is 0 Å². The molecule has 0 spiro atoms. The summed E-state index contributed by atoms with van der Waals surface area (Å²) in [6.07, 6.45) is 0. The molecule has 0 radical (unpaired) electrons. The first-order valence-electron chi connectivity index (χ1n) is 7.81. The van der Waals surface area contributed by atoms with Crippen molar-refractivity contribution in [1.29, 1.82) is 0 Å². The van der Waals surface area contributed by atoms with Crippen LogP contribution in [0.15, 0.2) is 40.8 Å². The lowest BCUT2D eigenvalue weighted by Gasteiger charge is -1.99. The van der Waals surface area contributed by atoms with Crippen LogP contribution in [0.3, 0.4) is 0 Å². The molecule has 0 unspecified atom stereocenters. The van der Waals surface area contributed by atoms with E-state index in [1.807, 2.05) is 32.0 Å². The molecule has 2 aromatic carbocycles. The molecule has 0 aliphatic heterocycles. The zero-order chi connectivity index (χ0) is 18.4. The van der Waals surface area contributed by atoms with Crippen LogP contribution in [0.2, 0.25) is 0 Å². The average Bonchev–Trinajstić information content (AvgIpc) is 3.25. The van der Waals surface area contributed by atoms with Crippen molar-refractivity contribution in [3.63, 3.8) is 0 Å². The highest BCUT2D eigenvalue weighted by atomic mass is 32.1. The fourth-order valence-electron chi connectivity index (χ4n) is 2.77. The van der Waals surface area contributed by atoms with Gasteiger partial charge in [-0.25, -0.2) is 14.2 Å². The van der Waals surface area contributed by atoms with Crippen molar-refractivity contribution in [2.45, 2.75) is 13.8 Å². The highest BCUT2D eigenvalue weighted by Crippen LogP contribution is 2.33. The summed E-state index contributed by atoms with van der Waals surface area (Å²) in [7, 11) is 0. The number of aromatic carboxylic acids is 1. The Labute approximate surface area is 151 Å². The molecule has 2 heterocycles. The first kappa shape index (κ1) is 16.4. The summed E-state index contributed by atoms with van der Waals surface area (Å²) >= 11 is 1.15. The van der Waals surface area contributed by atoms with Crippen molar-refractivity contribution in [3.8, 4) is 22.2 Å². The summed E-state index contributed by atoms with van der Waals surface area (Å²) in [4.78, 5) is 15.3. The molecule has 0 aliphatic rings. The van der Waals surface area contributed by atoms with Crippen molar-refractivity contribution >= 4 is 28.5 Å². The van der Waals surface area contributed by atoms with Crippen LogP contribution in [0, 0.1) is 19.7 Å². The van der Waals surface area contributed by atoms with Gasteiger partial charge in [-0.15, -0.1) is 0 Å². The van der Waals surface area contributed by atoms with Gasteiger partial charge in [0.05, 0.1) is 5.56 Å². The number of hydrogen-bond acceptors (Lipinski definition) is 5. The predicted octanol–water partition coefficient (Wildman–Crippen LogP) is 5.07. The minimum Gasteiger partial charge on any atom is -0.478 e. The van der Waals surface area contributed by atoms with Crippen LogP contribution in [0.1, 0.15) is 21.5 Å². The Morgan fingerprint density at radius 1 is 1.15 bits per heavy atom. The number of rotatable bonds is 3. The molecule has 0 saturated heterocycles. The number of nitrogens with zero attached hydrogens (tertiary/aromatic N) is 2. The van der Waals surface area contributed by atoms with Crippen molar-refractivity contribution in [2.75, 3.05) is 0 Å². The van der Waals surface area contributed by atoms with Crippen molar-refractivity contribution in [3.05, 3.63) is 58.9 Å². The lowest BCUT2D eigenvalue weighted by molar-refractivity contribution is 0.0692. The maximum atomic E-state index is 13.9. The molecule has 130 valence electrons. The number of benzene rings is 2. The second-order valence-electron chi connectivity index (χ2n) is 5.98. The summed E-state index contributed by atoms with van der Waals surface area (Å²) in [5.74, 6) is -1.20. The number of aryl methyl sites for hydroxylation is 2. The number of halogens is 1. The molecule has 7 heteroatoms. The van der Waals surface area contributed by atoms with E-state index in [1.54, 1.807) is 0 Å². The Hall–Kier alpha value is -3.06. The van der Waals surface area contributed by atoms with E-state index in [2.05, 4.69) is 9.36 Å². The third-order valence-electron chi connectivity index (χ3n) is 4.19. The maximum absolute atomic E-state index is 13.9. The van der Waals surface area contributed by atoms with Gasteiger partial charge in [0.2, 0.25) is 0 Å². The topological polar surface area (TPSA) is 76.2 Å². The standard InChI is InChI=1S/C19H13FN2O3S/c1-9-3-4-10(2)16-13(9)8-15(25-16)18-21-17(22-26-18)11-5-6-12(19(23)24)14(20)7-11/h3-8H,1-2H3,(H,23,24). The molecule has 26 heavy (non-hydrogen) atoms. The minimum absolute atomic E-state index is 0.328. The molecule has 1 N–H and O–H groups in total. The normalized spacial score (nSPS) is 11.2. The van der Waals surface area contributed by atoms with E-state index in [-0.39, 0.29) is 5.56 Å². The number of fused-ring (bicyclic) bond motifs is 1. The molecule has 0 atom stereocenters. The number of aromatic nitrogens is 2. The largest absolute Gasteiger partial charge is 0.478 e. The number of hydrogen-bond donors (Lipinski definition) is 1. The van der Waals surface area contributed by atoms with Gasteiger partial charge in [0.15, 0.2) is 16.6 Å². The van der Waals surface area contributed by atoms with Crippen LogP contribution in [-0.4, -0.2) is 20.4 Å². The van der Waals surface area contributed by atoms with E-state index in [0.717, 1.165) is 39.7 Å². The van der Waals surface area contributed by atoms with Crippen molar-refractivity contribution in [1.82, 2.24) is 9.36 Å². The van der Waals surface area contributed by atoms with E-state index in [4.69, 9.17) is 9.52 Å². The lowest BCUT2D eigenvalue weighted by atomic mass is 10.1. The molecule has 4 aromatic rings. The summed E-state index contributed by atoms with van der Waals surface area (Å²) in [6.45, 7) is 3.99. The van der Waals surface area contributed by atoms with Gasteiger partial charge in [0.25, 0.3) is 0 Å². The predicted molar refractivity (Wildman–Crippen MR) is 96.9 cm³/mol. The van der Waals surface area contributed by atoms with Gasteiger partial charge >= 0.3 is 5.97 Å². The quantitative estimate of drug-likeness (QED) is 0.546. The second-order valence-corrected chi connectivity index (χ2v) is 6.73. The van der Waals surface area contributed by atoms with Gasteiger partial charge in [0, 0.05) is 10.9 Å². The molecule has 0 fully saturated rings. The first-order valence-corrected chi connectivity index (χ1v) is 8.58. The zero-order valence-corrected chi connectivity index (χ0v) is 14.7. The van der Waals surface area contributed by atoms with Crippen molar-refractivity contribution < 1.29 is 18.7 Å². The van der Waals surface area contributed by atoms with Gasteiger partial charge in [-0.3, -0.25) is 0 Å². The minimum atomic E-state index is -1.31. The monoisotopic (exact) mass is 368 g/mol. The lowest BCUT2D eigenvalue weighted by Crippen LogP contribution is -2.00. The highest BCUT2D eigenvalue weighted by Gasteiger charge is 2.17. The molecule has 4 rings (SSSR count). The van der Waals surface area contributed by atoms with E-state index >= 15 is 0 Å². The molecular weight excluding hydrogens is 355 g/mol. The summed E-state index contributed by atoms with van der Waals surface area (Å²) in [5.41, 5.74) is 2.99. The number of carboxylic acid groups (broad SMARTS) is 1. The zero-order valence-electron chi connectivity index (χ0n) is 13.9. The molecular formula is C19H13FN2O3S. The molecule has 5 nitrogen and oxygen atoms in total. The smallest absolute Gasteiger partial charge is 0.338 e. The van der Waals surface area contributed by atoms with Gasteiger partial charge in [0.1, 0.15) is 11.4 Å².